The third kappa shape index (κ3) is 12.9. The average Bonchev–Trinajstić information content (AvgIpc) is 2.83. The van der Waals surface area contributed by atoms with Gasteiger partial charge in [-0.25, -0.2) is 21.6 Å². The van der Waals surface area contributed by atoms with E-state index in [1.807, 2.05) is 13.8 Å². The molecule has 0 N–H and O–H groups in total. The zero-order valence-electron chi connectivity index (χ0n) is 20.1. The summed E-state index contributed by atoms with van der Waals surface area (Å²) >= 11 is 2.80. The summed E-state index contributed by atoms with van der Waals surface area (Å²) in [5.74, 6) is -11.2. The summed E-state index contributed by atoms with van der Waals surface area (Å²) in [7, 11) is -3.00. The van der Waals surface area contributed by atoms with Crippen LogP contribution in [0.1, 0.15) is 26.7 Å². The van der Waals surface area contributed by atoms with E-state index in [2.05, 4.69) is 4.74 Å². The zero-order chi connectivity index (χ0) is 27.1. The number of thioether (sulfide) groups is 2. The van der Waals surface area contributed by atoms with Crippen molar-refractivity contribution >= 4 is 39.3 Å². The lowest BCUT2D eigenvalue weighted by atomic mass is 10.2. The molecule has 14 heteroatoms. The molecule has 0 heterocycles. The normalized spacial score (nSPS) is 11.9. The highest BCUT2D eigenvalue weighted by atomic mass is 32.2. The Morgan fingerprint density at radius 2 is 1.25 bits per heavy atom. The third-order valence-electron chi connectivity index (χ3n) is 4.50. The molecule has 0 aliphatic carbocycles. The summed E-state index contributed by atoms with van der Waals surface area (Å²) in [6, 6.07) is 0. The van der Waals surface area contributed by atoms with Crippen molar-refractivity contribution in [2.24, 2.45) is 5.92 Å². The van der Waals surface area contributed by atoms with E-state index >= 15 is 0 Å². The van der Waals surface area contributed by atoms with Crippen LogP contribution in [-0.2, 0) is 24.1 Å². The van der Waals surface area contributed by atoms with Crippen molar-refractivity contribution in [3.05, 3.63) is 29.1 Å². The predicted molar refractivity (Wildman–Crippen MR) is 131 cm³/mol. The average molecular weight is 583 g/mol. The molecule has 208 valence electrons. The van der Waals surface area contributed by atoms with Gasteiger partial charge < -0.3 is 14.2 Å². The van der Waals surface area contributed by atoms with Crippen molar-refractivity contribution in [3.8, 4) is 5.75 Å². The monoisotopic (exact) mass is 582 g/mol. The number of carbonyl (C=O) groups excluding carboxylic acids is 1. The second-order valence-corrected chi connectivity index (χ2v) is 12.7. The van der Waals surface area contributed by atoms with Crippen LogP contribution in [0.4, 0.5) is 22.0 Å². The number of carbonyl (C=O) groups is 1. The lowest BCUT2D eigenvalue weighted by Crippen LogP contribution is -2.15. The Kier molecular flexibility index (Phi) is 15.9. The first-order valence-corrected chi connectivity index (χ1v) is 15.3. The lowest BCUT2D eigenvalue weighted by molar-refractivity contribution is -0.134. The summed E-state index contributed by atoms with van der Waals surface area (Å²) < 4.78 is 105. The maximum absolute atomic E-state index is 13.5. The third-order valence-corrected chi connectivity index (χ3v) is 8.34. The summed E-state index contributed by atoms with van der Waals surface area (Å²) in [6.07, 6.45) is 0.371. The number of hydrogen-bond acceptors (Lipinski definition) is 8. The SMILES string of the molecule is CC(C)CCS(=O)(=O)CCSCCOCCOCCSCCC(=O)Oc1c(F)c(F)c(F)c(F)c1F. The first kappa shape index (κ1) is 32.9. The Hall–Kier alpha value is -1.09. The van der Waals surface area contributed by atoms with Crippen LogP contribution in [-0.4, -0.2) is 75.3 Å². The number of rotatable bonds is 19. The van der Waals surface area contributed by atoms with Gasteiger partial charge in [-0.15, -0.1) is 0 Å². The van der Waals surface area contributed by atoms with Crippen molar-refractivity contribution in [2.45, 2.75) is 26.7 Å². The molecule has 1 aromatic carbocycles. The van der Waals surface area contributed by atoms with E-state index in [9.17, 15) is 35.2 Å². The first-order chi connectivity index (χ1) is 17.0. The standard InChI is InChI=1S/C22H31F5O6S3/c1-15(2)4-13-36(29,30)14-12-35-11-8-32-6-5-31-7-10-34-9-3-16(28)33-22-20(26)18(24)17(23)19(25)21(22)27/h15H,3-14H2,1-2H3. The molecule has 0 aromatic heterocycles. The minimum absolute atomic E-state index is 0.167. The van der Waals surface area contributed by atoms with Gasteiger partial charge in [-0.3, -0.25) is 4.79 Å². The topological polar surface area (TPSA) is 78.9 Å². The Morgan fingerprint density at radius 3 is 1.78 bits per heavy atom. The smallest absolute Gasteiger partial charge is 0.312 e. The zero-order valence-corrected chi connectivity index (χ0v) is 22.6. The predicted octanol–water partition coefficient (Wildman–Crippen LogP) is 4.64. The van der Waals surface area contributed by atoms with Crippen LogP contribution in [0.3, 0.4) is 0 Å². The molecular weight excluding hydrogens is 551 g/mol. The molecule has 0 unspecified atom stereocenters. The highest BCUT2D eigenvalue weighted by molar-refractivity contribution is 8.00. The van der Waals surface area contributed by atoms with E-state index in [0.717, 1.165) is 0 Å². The molecule has 0 saturated carbocycles. The molecular formula is C22H31F5O6S3. The van der Waals surface area contributed by atoms with Gasteiger partial charge in [0.15, 0.2) is 9.84 Å². The molecule has 0 amide bonds. The van der Waals surface area contributed by atoms with Crippen molar-refractivity contribution in [3.63, 3.8) is 0 Å². The van der Waals surface area contributed by atoms with Gasteiger partial charge in [0.2, 0.25) is 34.8 Å². The van der Waals surface area contributed by atoms with Crippen molar-refractivity contribution in [1.82, 2.24) is 0 Å². The summed E-state index contributed by atoms with van der Waals surface area (Å²) in [5, 5.41) is 0. The second kappa shape index (κ2) is 17.4. The van der Waals surface area contributed by atoms with Crippen LogP contribution >= 0.6 is 23.5 Å². The molecule has 36 heavy (non-hydrogen) atoms. The van der Waals surface area contributed by atoms with Crippen molar-refractivity contribution < 1.29 is 49.4 Å². The van der Waals surface area contributed by atoms with Crippen LogP contribution < -0.4 is 4.74 Å². The largest absolute Gasteiger partial charge is 0.420 e. The van der Waals surface area contributed by atoms with Gasteiger partial charge in [0.1, 0.15) is 0 Å². The summed E-state index contributed by atoms with van der Waals surface area (Å²) in [5.41, 5.74) is 0. The molecule has 0 aliphatic heterocycles. The van der Waals surface area contributed by atoms with Gasteiger partial charge in [-0.1, -0.05) is 13.8 Å². The fourth-order valence-electron chi connectivity index (χ4n) is 2.46. The van der Waals surface area contributed by atoms with Crippen LogP contribution in [0, 0.1) is 35.0 Å². The van der Waals surface area contributed by atoms with Gasteiger partial charge in [0, 0.05) is 23.0 Å². The van der Waals surface area contributed by atoms with Crippen LogP contribution in [0.5, 0.6) is 5.75 Å². The van der Waals surface area contributed by atoms with E-state index in [1.165, 1.54) is 23.5 Å². The highest BCUT2D eigenvalue weighted by Gasteiger charge is 2.28. The second-order valence-electron chi connectivity index (χ2n) is 7.91. The van der Waals surface area contributed by atoms with Crippen LogP contribution in [0.2, 0.25) is 0 Å². The number of benzene rings is 1. The Bertz CT molecular complexity index is 902. The minimum atomic E-state index is -3.00. The fraction of sp³-hybridized carbons (Fsp3) is 0.682. The maximum Gasteiger partial charge on any atom is 0.312 e. The van der Waals surface area contributed by atoms with Crippen LogP contribution in [0.15, 0.2) is 0 Å². The van der Waals surface area contributed by atoms with Gasteiger partial charge in [0.25, 0.3) is 0 Å². The van der Waals surface area contributed by atoms with E-state index in [0.29, 0.717) is 56.0 Å². The number of halogens is 5. The molecule has 0 bridgehead atoms. The fourth-order valence-corrected chi connectivity index (χ4v) is 6.17. The molecule has 0 saturated heterocycles. The van der Waals surface area contributed by atoms with Gasteiger partial charge in [0.05, 0.1) is 44.4 Å². The minimum Gasteiger partial charge on any atom is -0.420 e. The molecule has 0 atom stereocenters. The number of ether oxygens (including phenoxy) is 3. The van der Waals surface area contributed by atoms with E-state index in [1.54, 1.807) is 0 Å². The Labute approximate surface area is 216 Å². The molecule has 6 nitrogen and oxygen atoms in total. The Morgan fingerprint density at radius 1 is 0.750 bits per heavy atom. The van der Waals surface area contributed by atoms with E-state index in [4.69, 9.17) is 9.47 Å². The number of sulfone groups is 1. The molecule has 0 spiro atoms. The summed E-state index contributed by atoms with van der Waals surface area (Å²) in [6.45, 7) is 5.52. The number of hydrogen-bond donors (Lipinski definition) is 0. The quantitative estimate of drug-likeness (QED) is 0.0583. The molecule has 1 rings (SSSR count). The highest BCUT2D eigenvalue weighted by Crippen LogP contribution is 2.29. The van der Waals surface area contributed by atoms with Gasteiger partial charge in [-0.2, -0.15) is 32.3 Å². The summed E-state index contributed by atoms with van der Waals surface area (Å²) in [4.78, 5) is 11.6. The molecule has 1 aromatic rings. The Balaban J connectivity index is 2.02. The van der Waals surface area contributed by atoms with E-state index in [-0.39, 0.29) is 23.7 Å². The van der Waals surface area contributed by atoms with Gasteiger partial charge in [-0.05, 0) is 12.3 Å². The molecule has 0 fully saturated rings. The van der Waals surface area contributed by atoms with E-state index < -0.39 is 50.6 Å². The van der Waals surface area contributed by atoms with Crippen molar-refractivity contribution in [2.75, 3.05) is 60.9 Å². The van der Waals surface area contributed by atoms with Crippen molar-refractivity contribution in [1.29, 1.82) is 0 Å². The molecule has 0 aliphatic rings. The maximum atomic E-state index is 13.5. The molecule has 0 radical (unpaired) electrons. The van der Waals surface area contributed by atoms with Gasteiger partial charge >= 0.3 is 5.97 Å². The first-order valence-electron chi connectivity index (χ1n) is 11.2. The number of esters is 1. The van der Waals surface area contributed by atoms with Crippen LogP contribution in [0.25, 0.3) is 0 Å². The lowest BCUT2D eigenvalue weighted by Gasteiger charge is -2.09.